The lowest BCUT2D eigenvalue weighted by Crippen LogP contribution is -2.44. The first-order chi connectivity index (χ1) is 9.56. The number of nitrogens with one attached hydrogen (secondary N) is 1. The zero-order valence-electron chi connectivity index (χ0n) is 12.2. The molecule has 20 heavy (non-hydrogen) atoms. The maximum Gasteiger partial charge on any atom is 0.251 e. The molecule has 2 amide bonds. The van der Waals surface area contributed by atoms with E-state index in [4.69, 9.17) is 0 Å². The summed E-state index contributed by atoms with van der Waals surface area (Å²) in [7, 11) is 0. The smallest absolute Gasteiger partial charge is 0.251 e. The van der Waals surface area contributed by atoms with E-state index < -0.39 is 0 Å². The Bertz CT molecular complexity index is 499. The molecule has 0 aromatic heterocycles. The zero-order chi connectivity index (χ0) is 14.5. The van der Waals surface area contributed by atoms with Gasteiger partial charge in [-0.15, -0.1) is 0 Å². The molecule has 1 heterocycles. The molecule has 1 atom stereocenters. The lowest BCUT2D eigenvalue weighted by Gasteiger charge is -2.31. The van der Waals surface area contributed by atoms with Crippen LogP contribution in [-0.4, -0.2) is 36.3 Å². The normalized spacial score (nSPS) is 18.7. The lowest BCUT2D eigenvalue weighted by molar-refractivity contribution is -0.131. The van der Waals surface area contributed by atoms with Crippen molar-refractivity contribution in [3.8, 4) is 0 Å². The van der Waals surface area contributed by atoms with Gasteiger partial charge in [0.1, 0.15) is 0 Å². The summed E-state index contributed by atoms with van der Waals surface area (Å²) >= 11 is 0. The van der Waals surface area contributed by atoms with Gasteiger partial charge >= 0.3 is 0 Å². The number of piperidine rings is 1. The third kappa shape index (κ3) is 3.83. The van der Waals surface area contributed by atoms with Crippen LogP contribution in [0.25, 0.3) is 0 Å². The number of carbonyl (C=O) groups excluding carboxylic acids is 2. The molecular weight excluding hydrogens is 252 g/mol. The number of amides is 2. The number of carbonyl (C=O) groups is 2. The average Bonchev–Trinajstić information content (AvgIpc) is 2.44. The van der Waals surface area contributed by atoms with Gasteiger partial charge in [-0.05, 0) is 37.8 Å². The molecule has 1 N–H and O–H groups in total. The lowest BCUT2D eigenvalue weighted by atomic mass is 10.0. The van der Waals surface area contributed by atoms with Crippen molar-refractivity contribution in [1.82, 2.24) is 10.2 Å². The van der Waals surface area contributed by atoms with Crippen LogP contribution in [0.5, 0.6) is 0 Å². The molecule has 4 heteroatoms. The van der Waals surface area contributed by atoms with Crippen molar-refractivity contribution in [2.45, 2.75) is 26.7 Å². The van der Waals surface area contributed by atoms with Gasteiger partial charge < -0.3 is 10.2 Å². The van der Waals surface area contributed by atoms with Gasteiger partial charge in [0.05, 0.1) is 6.54 Å². The molecule has 1 fully saturated rings. The first-order valence-corrected chi connectivity index (χ1v) is 7.19. The number of rotatable bonds is 3. The van der Waals surface area contributed by atoms with E-state index in [1.807, 2.05) is 30.0 Å². The van der Waals surface area contributed by atoms with Crippen LogP contribution in [0.2, 0.25) is 0 Å². The molecule has 2 rings (SSSR count). The summed E-state index contributed by atoms with van der Waals surface area (Å²) in [6.45, 7) is 5.80. The molecule has 4 nitrogen and oxygen atoms in total. The van der Waals surface area contributed by atoms with E-state index in [2.05, 4.69) is 12.2 Å². The Hall–Kier alpha value is -1.84. The van der Waals surface area contributed by atoms with Gasteiger partial charge in [0, 0.05) is 18.7 Å². The summed E-state index contributed by atoms with van der Waals surface area (Å²) in [5.41, 5.74) is 1.64. The Morgan fingerprint density at radius 3 is 2.90 bits per heavy atom. The highest BCUT2D eigenvalue weighted by Gasteiger charge is 2.21. The molecule has 1 aromatic rings. The molecule has 0 aliphatic carbocycles. The standard InChI is InChI=1S/C16H22N2O2/c1-12-5-3-7-14(9-12)16(20)17-10-15(19)18-8-4-6-13(2)11-18/h3,5,7,9,13H,4,6,8,10-11H2,1-2H3,(H,17,20). The van der Waals surface area contributed by atoms with Gasteiger partial charge in [-0.1, -0.05) is 24.6 Å². The predicted molar refractivity (Wildman–Crippen MR) is 78.5 cm³/mol. The molecule has 0 spiro atoms. The maximum absolute atomic E-state index is 12.1. The summed E-state index contributed by atoms with van der Waals surface area (Å²) in [6.07, 6.45) is 2.23. The van der Waals surface area contributed by atoms with Gasteiger partial charge in [-0.3, -0.25) is 9.59 Å². The van der Waals surface area contributed by atoms with Crippen LogP contribution in [0.1, 0.15) is 35.7 Å². The average molecular weight is 274 g/mol. The van der Waals surface area contributed by atoms with Crippen molar-refractivity contribution in [1.29, 1.82) is 0 Å². The first-order valence-electron chi connectivity index (χ1n) is 7.19. The largest absolute Gasteiger partial charge is 0.343 e. The van der Waals surface area contributed by atoms with Gasteiger partial charge in [-0.25, -0.2) is 0 Å². The molecule has 1 aliphatic heterocycles. The summed E-state index contributed by atoms with van der Waals surface area (Å²) in [5, 5.41) is 2.71. The van der Waals surface area contributed by atoms with Gasteiger partial charge in [0.2, 0.25) is 5.91 Å². The van der Waals surface area contributed by atoms with Crippen LogP contribution >= 0.6 is 0 Å². The van der Waals surface area contributed by atoms with Crippen LogP contribution < -0.4 is 5.32 Å². The molecule has 0 radical (unpaired) electrons. The minimum atomic E-state index is -0.188. The Kier molecular flexibility index (Phi) is 4.77. The highest BCUT2D eigenvalue weighted by molar-refractivity contribution is 5.96. The fraction of sp³-hybridized carbons (Fsp3) is 0.500. The third-order valence-electron chi connectivity index (χ3n) is 3.69. The number of hydrogen-bond donors (Lipinski definition) is 1. The maximum atomic E-state index is 12.1. The molecular formula is C16H22N2O2. The Labute approximate surface area is 120 Å². The molecule has 0 saturated carbocycles. The summed E-state index contributed by atoms with van der Waals surface area (Å²) in [5.74, 6) is 0.379. The second-order valence-electron chi connectivity index (χ2n) is 5.64. The van der Waals surface area contributed by atoms with E-state index in [-0.39, 0.29) is 18.4 Å². The second-order valence-corrected chi connectivity index (χ2v) is 5.64. The Balaban J connectivity index is 1.85. The van der Waals surface area contributed by atoms with E-state index in [1.54, 1.807) is 6.07 Å². The SMILES string of the molecule is Cc1cccc(C(=O)NCC(=O)N2CCCC(C)C2)c1. The van der Waals surface area contributed by atoms with Crippen LogP contribution in [0.3, 0.4) is 0 Å². The number of likely N-dealkylation sites (tertiary alicyclic amines) is 1. The van der Waals surface area contributed by atoms with Crippen LogP contribution in [-0.2, 0) is 4.79 Å². The molecule has 1 unspecified atom stereocenters. The molecule has 0 bridgehead atoms. The van der Waals surface area contributed by atoms with Crippen LogP contribution in [0.4, 0.5) is 0 Å². The number of aryl methyl sites for hydroxylation is 1. The summed E-state index contributed by atoms with van der Waals surface area (Å²) in [6, 6.07) is 7.37. The second kappa shape index (κ2) is 6.55. The molecule has 108 valence electrons. The monoisotopic (exact) mass is 274 g/mol. The van der Waals surface area contributed by atoms with E-state index in [0.717, 1.165) is 25.1 Å². The molecule has 1 aromatic carbocycles. The van der Waals surface area contributed by atoms with E-state index in [9.17, 15) is 9.59 Å². The highest BCUT2D eigenvalue weighted by atomic mass is 16.2. The van der Waals surface area contributed by atoms with Crippen molar-refractivity contribution >= 4 is 11.8 Å². The van der Waals surface area contributed by atoms with Crippen LogP contribution in [0.15, 0.2) is 24.3 Å². The van der Waals surface area contributed by atoms with Crippen molar-refractivity contribution in [3.63, 3.8) is 0 Å². The van der Waals surface area contributed by atoms with E-state index in [1.165, 1.54) is 6.42 Å². The Morgan fingerprint density at radius 2 is 2.20 bits per heavy atom. The van der Waals surface area contributed by atoms with Crippen molar-refractivity contribution in [3.05, 3.63) is 35.4 Å². The van der Waals surface area contributed by atoms with Gasteiger partial charge in [0.15, 0.2) is 0 Å². The quantitative estimate of drug-likeness (QED) is 0.916. The highest BCUT2D eigenvalue weighted by Crippen LogP contribution is 2.15. The van der Waals surface area contributed by atoms with Crippen molar-refractivity contribution in [2.75, 3.05) is 19.6 Å². The van der Waals surface area contributed by atoms with Crippen LogP contribution in [0, 0.1) is 12.8 Å². The van der Waals surface area contributed by atoms with Gasteiger partial charge in [-0.2, -0.15) is 0 Å². The van der Waals surface area contributed by atoms with Gasteiger partial charge in [0.25, 0.3) is 5.91 Å². The number of benzene rings is 1. The fourth-order valence-corrected chi connectivity index (χ4v) is 2.57. The minimum Gasteiger partial charge on any atom is -0.343 e. The molecule has 1 aliphatic rings. The van der Waals surface area contributed by atoms with E-state index in [0.29, 0.717) is 11.5 Å². The van der Waals surface area contributed by atoms with Crippen molar-refractivity contribution < 1.29 is 9.59 Å². The fourth-order valence-electron chi connectivity index (χ4n) is 2.57. The third-order valence-corrected chi connectivity index (χ3v) is 3.69. The van der Waals surface area contributed by atoms with E-state index >= 15 is 0 Å². The zero-order valence-corrected chi connectivity index (χ0v) is 12.2. The topological polar surface area (TPSA) is 49.4 Å². The minimum absolute atomic E-state index is 0.0116. The number of nitrogens with zero attached hydrogens (tertiary/aromatic N) is 1. The van der Waals surface area contributed by atoms with Crippen molar-refractivity contribution in [2.24, 2.45) is 5.92 Å². The predicted octanol–water partition coefficient (Wildman–Crippen LogP) is 1.98. The first kappa shape index (κ1) is 14.6. The number of hydrogen-bond acceptors (Lipinski definition) is 2. The summed E-state index contributed by atoms with van der Waals surface area (Å²) < 4.78 is 0. The summed E-state index contributed by atoms with van der Waals surface area (Å²) in [4.78, 5) is 25.9. The molecule has 1 saturated heterocycles. The Morgan fingerprint density at radius 1 is 1.40 bits per heavy atom.